The maximum atomic E-state index is 12.0. The summed E-state index contributed by atoms with van der Waals surface area (Å²) < 4.78 is 11.1. The van der Waals surface area contributed by atoms with Gasteiger partial charge in [0, 0.05) is 32.8 Å². The quantitative estimate of drug-likeness (QED) is 0.294. The van der Waals surface area contributed by atoms with Gasteiger partial charge in [0.25, 0.3) is 0 Å². The molecule has 0 aromatic rings. The Kier molecular flexibility index (Phi) is 11.5. The molecule has 0 aromatic carbocycles. The molecule has 26 heavy (non-hydrogen) atoms. The number of amides is 1. The predicted molar refractivity (Wildman–Crippen MR) is 116 cm³/mol. The molecule has 1 fully saturated rings. The minimum absolute atomic E-state index is 0. The highest BCUT2D eigenvalue weighted by molar-refractivity contribution is 14.0. The van der Waals surface area contributed by atoms with Crippen molar-refractivity contribution >= 4 is 36.0 Å². The number of hydrogen-bond donors (Lipinski definition) is 3. The van der Waals surface area contributed by atoms with Gasteiger partial charge in [-0.1, -0.05) is 13.3 Å². The molecule has 0 aromatic heterocycles. The molecule has 8 heteroatoms. The molecule has 1 heterocycles. The van der Waals surface area contributed by atoms with Gasteiger partial charge in [0.05, 0.1) is 5.60 Å². The number of aliphatic imine (C=N–C) groups is 1. The highest BCUT2D eigenvalue weighted by Crippen LogP contribution is 2.23. The minimum atomic E-state index is -0.497. The summed E-state index contributed by atoms with van der Waals surface area (Å²) in [6.45, 7) is 11.9. The van der Waals surface area contributed by atoms with Gasteiger partial charge in [-0.25, -0.2) is 4.79 Å². The zero-order chi connectivity index (χ0) is 18.9. The number of nitrogens with one attached hydrogen (secondary N) is 3. The Labute approximate surface area is 175 Å². The third kappa shape index (κ3) is 10.4. The smallest absolute Gasteiger partial charge is 0.407 e. The molecule has 0 spiro atoms. The fourth-order valence-corrected chi connectivity index (χ4v) is 2.74. The van der Waals surface area contributed by atoms with E-state index in [1.807, 2.05) is 20.8 Å². The fraction of sp³-hybridized carbons (Fsp3) is 0.889. The van der Waals surface area contributed by atoms with Gasteiger partial charge >= 0.3 is 6.09 Å². The van der Waals surface area contributed by atoms with E-state index in [-0.39, 0.29) is 41.7 Å². The zero-order valence-electron chi connectivity index (χ0n) is 17.1. The molecule has 2 atom stereocenters. The molecule has 7 nitrogen and oxygen atoms in total. The van der Waals surface area contributed by atoms with E-state index in [1.165, 1.54) is 0 Å². The Bertz CT molecular complexity index is 446. The average Bonchev–Trinajstić information content (AvgIpc) is 2.92. The van der Waals surface area contributed by atoms with Crippen LogP contribution in [0.4, 0.5) is 4.79 Å². The summed E-state index contributed by atoms with van der Waals surface area (Å²) in [6, 6.07) is -0.0169. The Morgan fingerprint density at radius 1 is 1.35 bits per heavy atom. The topological polar surface area (TPSA) is 84.0 Å². The van der Waals surface area contributed by atoms with Crippen molar-refractivity contribution in [1.29, 1.82) is 0 Å². The minimum Gasteiger partial charge on any atom is -0.444 e. The van der Waals surface area contributed by atoms with Crippen LogP contribution in [-0.2, 0) is 9.47 Å². The first kappa shape index (κ1) is 25.2. The van der Waals surface area contributed by atoms with Gasteiger partial charge in [0.15, 0.2) is 5.96 Å². The van der Waals surface area contributed by atoms with Crippen LogP contribution in [0.25, 0.3) is 0 Å². The number of hydrogen-bond acceptors (Lipinski definition) is 4. The van der Waals surface area contributed by atoms with Crippen molar-refractivity contribution in [2.24, 2.45) is 4.99 Å². The second-order valence-electron chi connectivity index (χ2n) is 7.84. The van der Waals surface area contributed by atoms with E-state index in [0.717, 1.165) is 32.3 Å². The van der Waals surface area contributed by atoms with E-state index in [4.69, 9.17) is 9.47 Å². The van der Waals surface area contributed by atoms with Gasteiger partial charge in [0.1, 0.15) is 5.60 Å². The van der Waals surface area contributed by atoms with Crippen LogP contribution in [-0.4, -0.2) is 56.0 Å². The second kappa shape index (κ2) is 11.8. The van der Waals surface area contributed by atoms with Crippen LogP contribution in [0.1, 0.15) is 60.3 Å². The van der Waals surface area contributed by atoms with E-state index < -0.39 is 5.60 Å². The van der Waals surface area contributed by atoms with Crippen molar-refractivity contribution in [3.63, 3.8) is 0 Å². The van der Waals surface area contributed by atoms with Crippen LogP contribution in [0.2, 0.25) is 0 Å². The summed E-state index contributed by atoms with van der Waals surface area (Å²) in [5, 5.41) is 9.52. The Morgan fingerprint density at radius 3 is 2.54 bits per heavy atom. The van der Waals surface area contributed by atoms with Gasteiger partial charge in [0.2, 0.25) is 0 Å². The number of ether oxygens (including phenoxy) is 2. The van der Waals surface area contributed by atoms with Crippen molar-refractivity contribution in [3.8, 4) is 0 Å². The van der Waals surface area contributed by atoms with Crippen LogP contribution in [0.5, 0.6) is 0 Å². The summed E-state index contributed by atoms with van der Waals surface area (Å²) in [7, 11) is 1.74. The predicted octanol–water partition coefficient (Wildman–Crippen LogP) is 3.03. The molecule has 1 aliphatic heterocycles. The molecular formula is C18H37IN4O3. The van der Waals surface area contributed by atoms with E-state index in [0.29, 0.717) is 19.0 Å². The summed E-state index contributed by atoms with van der Waals surface area (Å²) in [5.41, 5.74) is -0.627. The Balaban J connectivity index is 0.00000625. The number of nitrogens with zero attached hydrogens (tertiary/aromatic N) is 1. The highest BCUT2D eigenvalue weighted by Gasteiger charge is 2.29. The van der Waals surface area contributed by atoms with E-state index in [1.54, 1.807) is 7.05 Å². The maximum Gasteiger partial charge on any atom is 0.407 e. The molecule has 1 aliphatic rings. The molecule has 1 saturated heterocycles. The number of carbonyl (C=O) groups excluding carboxylic acids is 1. The van der Waals surface area contributed by atoms with Gasteiger partial charge in [-0.05, 0) is 47.0 Å². The van der Waals surface area contributed by atoms with Gasteiger partial charge in [-0.3, -0.25) is 4.99 Å². The van der Waals surface area contributed by atoms with E-state index in [2.05, 4.69) is 34.8 Å². The Hall–Kier alpha value is -0.770. The number of halogens is 1. The molecule has 0 bridgehead atoms. The standard InChI is InChI=1S/C18H36N4O3.HI/c1-7-9-14(22-16(23)25-17(2,3)4)12-20-15(19-6)21-13-18(5)10-8-11-24-18;/h14H,7-13H2,1-6H3,(H,22,23)(H2,19,20,21);1H. The van der Waals surface area contributed by atoms with Crippen molar-refractivity contribution in [1.82, 2.24) is 16.0 Å². The van der Waals surface area contributed by atoms with Crippen molar-refractivity contribution in [2.45, 2.75) is 77.5 Å². The van der Waals surface area contributed by atoms with Gasteiger partial charge in [-0.15, -0.1) is 24.0 Å². The molecule has 2 unspecified atom stereocenters. The molecule has 0 aliphatic carbocycles. The molecule has 1 rings (SSSR count). The lowest BCUT2D eigenvalue weighted by Crippen LogP contribution is -2.50. The second-order valence-corrected chi connectivity index (χ2v) is 7.84. The van der Waals surface area contributed by atoms with Crippen LogP contribution < -0.4 is 16.0 Å². The largest absolute Gasteiger partial charge is 0.444 e. The first-order chi connectivity index (χ1) is 11.7. The summed E-state index contributed by atoms with van der Waals surface area (Å²) >= 11 is 0. The van der Waals surface area contributed by atoms with Crippen LogP contribution in [0.3, 0.4) is 0 Å². The number of carbonyl (C=O) groups is 1. The van der Waals surface area contributed by atoms with E-state index in [9.17, 15) is 4.79 Å². The molecule has 0 saturated carbocycles. The lowest BCUT2D eigenvalue weighted by atomic mass is 10.0. The highest BCUT2D eigenvalue weighted by atomic mass is 127. The third-order valence-electron chi connectivity index (χ3n) is 4.03. The summed E-state index contributed by atoms with van der Waals surface area (Å²) in [6.07, 6.45) is 3.60. The SMILES string of the molecule is CCCC(CNC(=NC)NCC1(C)CCCO1)NC(=O)OC(C)(C)C.I. The lowest BCUT2D eigenvalue weighted by molar-refractivity contribution is 0.0243. The zero-order valence-corrected chi connectivity index (χ0v) is 19.4. The number of alkyl carbamates (subject to hydrolysis) is 1. The molecule has 154 valence electrons. The first-order valence-electron chi connectivity index (χ1n) is 9.25. The molecule has 1 amide bonds. The third-order valence-corrected chi connectivity index (χ3v) is 4.03. The average molecular weight is 484 g/mol. The van der Waals surface area contributed by atoms with E-state index >= 15 is 0 Å². The summed E-state index contributed by atoms with van der Waals surface area (Å²) in [5.74, 6) is 0.712. The van der Waals surface area contributed by atoms with Crippen molar-refractivity contribution < 1.29 is 14.3 Å². The molecular weight excluding hydrogens is 447 g/mol. The van der Waals surface area contributed by atoms with Crippen LogP contribution in [0, 0.1) is 0 Å². The maximum absolute atomic E-state index is 12.0. The first-order valence-corrected chi connectivity index (χ1v) is 9.25. The van der Waals surface area contributed by atoms with Gasteiger partial charge in [-0.2, -0.15) is 0 Å². The van der Waals surface area contributed by atoms with Crippen molar-refractivity contribution in [3.05, 3.63) is 0 Å². The number of guanidine groups is 1. The number of rotatable bonds is 7. The van der Waals surface area contributed by atoms with Crippen LogP contribution >= 0.6 is 24.0 Å². The van der Waals surface area contributed by atoms with Crippen molar-refractivity contribution in [2.75, 3.05) is 26.7 Å². The fourth-order valence-electron chi connectivity index (χ4n) is 2.74. The van der Waals surface area contributed by atoms with Crippen LogP contribution in [0.15, 0.2) is 4.99 Å². The Morgan fingerprint density at radius 2 is 2.04 bits per heavy atom. The monoisotopic (exact) mass is 484 g/mol. The summed E-state index contributed by atoms with van der Waals surface area (Å²) in [4.78, 5) is 16.2. The molecule has 3 N–H and O–H groups in total. The lowest BCUT2D eigenvalue weighted by Gasteiger charge is -2.26. The normalized spacial score (nSPS) is 21.5. The molecule has 0 radical (unpaired) electrons. The van der Waals surface area contributed by atoms with Gasteiger partial charge < -0.3 is 25.4 Å².